The molecule has 0 spiro atoms. The van der Waals surface area contributed by atoms with Gasteiger partial charge in [-0.25, -0.2) is 9.78 Å². The average molecular weight is 388 g/mol. The van der Waals surface area contributed by atoms with Gasteiger partial charge in [-0.2, -0.15) is 12.7 Å². The molecule has 128 valence electrons. The third kappa shape index (κ3) is 4.23. The minimum atomic E-state index is -4.94. The Morgan fingerprint density at radius 1 is 1.54 bits per heavy atom. The van der Waals surface area contributed by atoms with E-state index in [4.69, 9.17) is 10.3 Å². The van der Waals surface area contributed by atoms with Gasteiger partial charge in [0.1, 0.15) is 6.04 Å². The van der Waals surface area contributed by atoms with Gasteiger partial charge in [0.05, 0.1) is 19.2 Å². The predicted octanol–water partition coefficient (Wildman–Crippen LogP) is -2.71. The number of thiazole rings is 1. The molecular formula is C10H13N4NaO7S2. The monoisotopic (exact) mass is 388 g/mol. The van der Waals surface area contributed by atoms with Gasteiger partial charge >= 0.3 is 45.8 Å². The van der Waals surface area contributed by atoms with Crippen LogP contribution in [-0.2, 0) is 35.8 Å². The van der Waals surface area contributed by atoms with Crippen LogP contribution in [0.3, 0.4) is 0 Å². The molecule has 2 amide bonds. The maximum absolute atomic E-state index is 11.9. The number of rotatable bonds is 5. The van der Waals surface area contributed by atoms with Crippen molar-refractivity contribution in [2.45, 2.75) is 18.5 Å². The molecule has 14 heteroatoms. The first-order valence-electron chi connectivity index (χ1n) is 6.03. The van der Waals surface area contributed by atoms with Gasteiger partial charge in [-0.3, -0.25) is 14.1 Å². The fourth-order valence-electron chi connectivity index (χ4n) is 2.01. The van der Waals surface area contributed by atoms with Crippen molar-refractivity contribution in [3.63, 3.8) is 0 Å². The number of nitrogen functional groups attached to an aromatic ring is 1. The molecule has 1 aromatic heterocycles. The van der Waals surface area contributed by atoms with Gasteiger partial charge in [0.25, 0.3) is 5.91 Å². The van der Waals surface area contributed by atoms with E-state index >= 15 is 0 Å². The van der Waals surface area contributed by atoms with Gasteiger partial charge in [-0.05, 0) is 0 Å². The topological polar surface area (TPSA) is 169 Å². The Balaban J connectivity index is 0.00000288. The van der Waals surface area contributed by atoms with Crippen molar-refractivity contribution in [1.29, 1.82) is 0 Å². The Hall–Kier alpha value is -1.25. The summed E-state index contributed by atoms with van der Waals surface area (Å²) in [4.78, 5) is 39.1. The van der Waals surface area contributed by atoms with Crippen LogP contribution in [0.25, 0.3) is 0 Å². The molecule has 0 aromatic carbocycles. The zero-order valence-corrected chi connectivity index (χ0v) is 13.3. The van der Waals surface area contributed by atoms with Gasteiger partial charge in [0.2, 0.25) is 5.91 Å². The number of amides is 2. The zero-order valence-electron chi connectivity index (χ0n) is 11.6. The third-order valence-corrected chi connectivity index (χ3v) is 4.60. The number of hydrogen-bond donors (Lipinski definition) is 3. The molecule has 1 aromatic rings. The first kappa shape index (κ1) is 20.8. The van der Waals surface area contributed by atoms with Crippen LogP contribution in [0.4, 0.5) is 5.13 Å². The maximum atomic E-state index is 11.9. The Bertz CT molecular complexity index is 765. The number of nitrogens with zero attached hydrogens (tertiary/aromatic N) is 2. The molecule has 1 fully saturated rings. The normalized spacial score (nSPS) is 19.9. The average Bonchev–Trinajstić information content (AvgIpc) is 2.84. The van der Waals surface area contributed by atoms with E-state index in [0.717, 1.165) is 18.4 Å². The number of hydrogen-bond acceptors (Lipinski definition) is 9. The molecule has 11 nitrogen and oxygen atoms in total. The molecule has 2 atom stereocenters. The summed E-state index contributed by atoms with van der Waals surface area (Å²) < 4.78 is 35.5. The number of nitrogens with two attached hydrogens (primary N) is 1. The first-order chi connectivity index (χ1) is 10.6. The zero-order chi connectivity index (χ0) is 17.4. The van der Waals surface area contributed by atoms with E-state index in [1.165, 1.54) is 0 Å². The second-order valence-electron chi connectivity index (χ2n) is 4.48. The third-order valence-electron chi connectivity index (χ3n) is 2.97. The van der Waals surface area contributed by atoms with Gasteiger partial charge in [-0.15, -0.1) is 11.3 Å². The summed E-state index contributed by atoms with van der Waals surface area (Å²) in [5.74, 6) is -2.91. The summed E-state index contributed by atoms with van der Waals surface area (Å²) in [5, 5.41) is 4.01. The van der Waals surface area contributed by atoms with Crippen LogP contribution in [0.15, 0.2) is 5.38 Å². The van der Waals surface area contributed by atoms with Crippen LogP contribution in [0.5, 0.6) is 0 Å². The fourth-order valence-corrected chi connectivity index (χ4v) is 3.40. The molecule has 0 saturated carbocycles. The van der Waals surface area contributed by atoms with Crippen LogP contribution in [0.2, 0.25) is 0 Å². The van der Waals surface area contributed by atoms with Crippen LogP contribution in [0.1, 0.15) is 5.69 Å². The summed E-state index contributed by atoms with van der Waals surface area (Å²) in [7, 11) is -3.96. The molecule has 2 rings (SSSR count). The number of ether oxygens (including phenoxy) is 1. The molecule has 2 heterocycles. The fraction of sp³-hybridized carbons (Fsp3) is 0.400. The van der Waals surface area contributed by atoms with Crippen molar-refractivity contribution in [3.05, 3.63) is 11.1 Å². The summed E-state index contributed by atoms with van der Waals surface area (Å²) in [5.41, 5.74) is 5.78. The molecule has 24 heavy (non-hydrogen) atoms. The van der Waals surface area contributed by atoms with Crippen LogP contribution >= 0.6 is 11.3 Å². The van der Waals surface area contributed by atoms with Gasteiger partial charge < -0.3 is 15.8 Å². The number of carbonyl (C=O) groups is 3. The Morgan fingerprint density at radius 3 is 2.62 bits per heavy atom. The van der Waals surface area contributed by atoms with E-state index in [2.05, 4.69) is 15.0 Å². The second kappa shape index (κ2) is 7.76. The van der Waals surface area contributed by atoms with E-state index < -0.39 is 40.2 Å². The van der Waals surface area contributed by atoms with E-state index in [-0.39, 0.29) is 45.4 Å². The van der Waals surface area contributed by atoms with E-state index in [9.17, 15) is 22.8 Å². The molecule has 0 radical (unpaired) electrons. The molecular weight excluding hydrogens is 375 g/mol. The van der Waals surface area contributed by atoms with Crippen molar-refractivity contribution in [2.75, 3.05) is 12.8 Å². The summed E-state index contributed by atoms with van der Waals surface area (Å²) in [6, 6.07) is -3.11. The number of carbonyl (C=O) groups excluding carboxylic acids is 3. The van der Waals surface area contributed by atoms with E-state index in [1.807, 2.05) is 0 Å². The first-order valence-corrected chi connectivity index (χ1v) is 8.30. The van der Waals surface area contributed by atoms with Crippen LogP contribution in [-0.4, -0.2) is 88.8 Å². The number of aromatic nitrogens is 1. The predicted molar refractivity (Wildman–Crippen MR) is 83.5 cm³/mol. The summed E-state index contributed by atoms with van der Waals surface area (Å²) in [6.45, 7) is 0. The number of esters is 1. The van der Waals surface area contributed by atoms with Crippen molar-refractivity contribution in [1.82, 2.24) is 14.6 Å². The summed E-state index contributed by atoms with van der Waals surface area (Å²) >= 11 is 1.12. The quantitative estimate of drug-likeness (QED) is 0.210. The van der Waals surface area contributed by atoms with Gasteiger partial charge in [0.15, 0.2) is 11.2 Å². The van der Waals surface area contributed by atoms with E-state index in [1.54, 1.807) is 5.38 Å². The molecule has 0 aliphatic carbocycles. The minimum absolute atomic E-state index is 0. The van der Waals surface area contributed by atoms with Gasteiger partial charge in [0, 0.05) is 5.38 Å². The Labute approximate surface area is 162 Å². The van der Waals surface area contributed by atoms with Crippen LogP contribution in [0, 0.1) is 0 Å². The van der Waals surface area contributed by atoms with Crippen molar-refractivity contribution in [2.24, 2.45) is 0 Å². The summed E-state index contributed by atoms with van der Waals surface area (Å²) in [6.07, 6.45) is -0.211. The van der Waals surface area contributed by atoms with E-state index in [0.29, 0.717) is 5.69 Å². The van der Waals surface area contributed by atoms with Crippen molar-refractivity contribution >= 4 is 74.1 Å². The SMILES string of the molecule is COC(=O)C1C(NC(=O)Cc2csc(N)n2)C(=O)N1S(=O)(=O)O.[NaH]. The molecule has 1 aliphatic heterocycles. The van der Waals surface area contributed by atoms with Gasteiger partial charge in [-0.1, -0.05) is 0 Å². The Morgan fingerprint density at radius 2 is 2.17 bits per heavy atom. The number of nitrogens with one attached hydrogen (secondary N) is 1. The molecule has 2 unspecified atom stereocenters. The molecule has 1 aliphatic rings. The second-order valence-corrected chi connectivity index (χ2v) is 6.66. The molecule has 1 saturated heterocycles. The molecule has 4 N–H and O–H groups in total. The van der Waals surface area contributed by atoms with Crippen LogP contribution < -0.4 is 11.1 Å². The van der Waals surface area contributed by atoms with Crippen molar-refractivity contribution < 1.29 is 32.1 Å². The number of β-lactam (4-membered cyclic amide) rings is 1. The number of anilines is 1. The number of methoxy groups -OCH3 is 1. The Kier molecular flexibility index (Phi) is 6.72. The van der Waals surface area contributed by atoms with Crippen molar-refractivity contribution in [3.8, 4) is 0 Å². The standard InChI is InChI=1S/C10H12N4O7S2.Na.H/c1-21-9(17)7-6(8(16)14(7)23(18,19)20)13-5(15)2-4-3-22-10(11)12-4;;/h3,6-7H,2H2,1H3,(H2,11,12)(H,13,15)(H,18,19,20);;. The molecule has 0 bridgehead atoms.